The third kappa shape index (κ3) is 2.03. The van der Waals surface area contributed by atoms with Crippen molar-refractivity contribution >= 4 is 46.9 Å². The van der Waals surface area contributed by atoms with Gasteiger partial charge in [0, 0.05) is 5.02 Å². The van der Waals surface area contributed by atoms with Crippen LogP contribution < -0.4 is 5.32 Å². The molecule has 0 unspecified atom stereocenters. The summed E-state index contributed by atoms with van der Waals surface area (Å²) in [5.41, 5.74) is 0.317. The Hall–Kier alpha value is -0.440. The lowest BCUT2D eigenvalue weighted by Crippen LogP contribution is -1.95. The number of hydrogen-bond donors (Lipinski definition) is 1. The summed E-state index contributed by atoms with van der Waals surface area (Å²) >= 11 is 17.0. The van der Waals surface area contributed by atoms with Gasteiger partial charge in [0.2, 0.25) is 0 Å². The van der Waals surface area contributed by atoms with Crippen LogP contribution in [0.5, 0.6) is 0 Å². The van der Waals surface area contributed by atoms with Gasteiger partial charge in [-0.25, -0.2) is 0 Å². The number of carbonyl (C=O) groups excluding carboxylic acids is 1. The van der Waals surface area contributed by atoms with E-state index in [1.54, 1.807) is 0 Å². The molecule has 0 heterocycles. The molecular weight excluding hydrogens is 220 g/mol. The Labute approximate surface area is 84.4 Å². The van der Waals surface area contributed by atoms with Crippen molar-refractivity contribution in [3.05, 3.63) is 27.2 Å². The van der Waals surface area contributed by atoms with Crippen molar-refractivity contribution in [2.75, 3.05) is 5.32 Å². The first-order valence-corrected chi connectivity index (χ1v) is 4.06. The van der Waals surface area contributed by atoms with Crippen molar-refractivity contribution in [2.45, 2.75) is 0 Å². The van der Waals surface area contributed by atoms with Gasteiger partial charge in [0.15, 0.2) is 0 Å². The Morgan fingerprint density at radius 1 is 1.17 bits per heavy atom. The molecule has 63 valence electrons. The predicted octanol–water partition coefficient (Wildman–Crippen LogP) is 3.13. The first-order chi connectivity index (χ1) is 5.65. The van der Waals surface area contributed by atoms with E-state index >= 15 is 0 Å². The molecular formula is C7H3Cl3NO. The van der Waals surface area contributed by atoms with E-state index < -0.39 is 0 Å². The van der Waals surface area contributed by atoms with Gasteiger partial charge in [0.1, 0.15) is 0 Å². The molecule has 0 aliphatic carbocycles. The highest BCUT2D eigenvalue weighted by molar-refractivity contribution is 6.42. The number of benzene rings is 1. The van der Waals surface area contributed by atoms with Crippen molar-refractivity contribution in [1.82, 2.24) is 0 Å². The summed E-state index contributed by atoms with van der Waals surface area (Å²) in [6.07, 6.45) is 1.47. The second-order valence-electron chi connectivity index (χ2n) is 1.97. The Balaban J connectivity index is 3.18. The van der Waals surface area contributed by atoms with Crippen molar-refractivity contribution in [3.8, 4) is 0 Å². The number of hydrogen-bond acceptors (Lipinski definition) is 1. The van der Waals surface area contributed by atoms with E-state index in [1.165, 1.54) is 18.5 Å². The summed E-state index contributed by atoms with van der Waals surface area (Å²) in [5.74, 6) is 0. The number of anilines is 1. The standard InChI is InChI=1S/C7H3Cl3NO/c8-4-1-5(9)7(11-3-12)6(10)2-4/h1-2H,(H,11,12). The lowest BCUT2D eigenvalue weighted by molar-refractivity contribution is 0.561. The zero-order valence-corrected chi connectivity index (χ0v) is 7.96. The third-order valence-electron chi connectivity index (χ3n) is 1.18. The summed E-state index contributed by atoms with van der Waals surface area (Å²) in [7, 11) is 0. The molecule has 1 aromatic rings. The molecule has 0 bridgehead atoms. The molecule has 5 heteroatoms. The predicted molar refractivity (Wildman–Crippen MR) is 50.8 cm³/mol. The monoisotopic (exact) mass is 222 g/mol. The summed E-state index contributed by atoms with van der Waals surface area (Å²) < 4.78 is 0. The quantitative estimate of drug-likeness (QED) is 0.767. The molecule has 0 aliphatic rings. The van der Waals surface area contributed by atoms with Crippen LogP contribution in [-0.2, 0) is 4.79 Å². The summed E-state index contributed by atoms with van der Waals surface area (Å²) in [6, 6.07) is 2.96. The number of nitrogens with one attached hydrogen (secondary N) is 1. The van der Waals surface area contributed by atoms with Crippen LogP contribution in [0.1, 0.15) is 0 Å². The van der Waals surface area contributed by atoms with Crippen LogP contribution in [0, 0.1) is 0 Å². The molecule has 0 fully saturated rings. The average Bonchev–Trinajstić information content (AvgIpc) is 1.96. The van der Waals surface area contributed by atoms with E-state index in [9.17, 15) is 4.79 Å². The van der Waals surface area contributed by atoms with Gasteiger partial charge in [0.25, 0.3) is 0 Å². The highest BCUT2D eigenvalue weighted by atomic mass is 35.5. The fourth-order valence-corrected chi connectivity index (χ4v) is 1.62. The minimum Gasteiger partial charge on any atom is -0.315 e. The molecule has 0 saturated carbocycles. The molecule has 1 rings (SSSR count). The van der Waals surface area contributed by atoms with Gasteiger partial charge in [-0.3, -0.25) is 4.79 Å². The second kappa shape index (κ2) is 3.99. The van der Waals surface area contributed by atoms with Gasteiger partial charge in [-0.15, -0.1) is 0 Å². The molecule has 0 aromatic heterocycles. The topological polar surface area (TPSA) is 29.1 Å². The molecule has 12 heavy (non-hydrogen) atoms. The first-order valence-electron chi connectivity index (χ1n) is 2.93. The van der Waals surface area contributed by atoms with Crippen molar-refractivity contribution in [2.24, 2.45) is 0 Å². The van der Waals surface area contributed by atoms with E-state index in [0.29, 0.717) is 10.7 Å². The van der Waals surface area contributed by atoms with Gasteiger partial charge in [-0.1, -0.05) is 34.8 Å². The maximum absolute atomic E-state index is 9.98. The molecule has 1 radical (unpaired) electrons. The zero-order valence-electron chi connectivity index (χ0n) is 5.70. The molecule has 1 amide bonds. The van der Waals surface area contributed by atoms with Crippen LogP contribution in [0.15, 0.2) is 12.1 Å². The van der Waals surface area contributed by atoms with Gasteiger partial charge in [0.05, 0.1) is 15.7 Å². The Morgan fingerprint density at radius 3 is 2.08 bits per heavy atom. The fourth-order valence-electron chi connectivity index (χ4n) is 0.713. The Morgan fingerprint density at radius 2 is 1.67 bits per heavy atom. The molecule has 0 atom stereocenters. The van der Waals surface area contributed by atoms with Gasteiger partial charge in [-0.2, -0.15) is 0 Å². The highest BCUT2D eigenvalue weighted by Crippen LogP contribution is 2.32. The van der Waals surface area contributed by atoms with Crippen molar-refractivity contribution < 1.29 is 4.79 Å². The molecule has 0 saturated heterocycles. The van der Waals surface area contributed by atoms with Gasteiger partial charge >= 0.3 is 6.41 Å². The minimum atomic E-state index is 0.288. The third-order valence-corrected chi connectivity index (χ3v) is 2.00. The molecule has 0 aliphatic heterocycles. The van der Waals surface area contributed by atoms with Crippen molar-refractivity contribution in [1.29, 1.82) is 0 Å². The van der Waals surface area contributed by atoms with Gasteiger partial charge < -0.3 is 5.32 Å². The Kier molecular flexibility index (Phi) is 3.20. The smallest absolute Gasteiger partial charge is 0.314 e. The van der Waals surface area contributed by atoms with E-state index in [-0.39, 0.29) is 10.0 Å². The van der Waals surface area contributed by atoms with Gasteiger partial charge in [-0.05, 0) is 12.1 Å². The molecule has 2 nitrogen and oxygen atoms in total. The number of halogens is 3. The maximum atomic E-state index is 9.98. The fraction of sp³-hybridized carbons (Fsp3) is 0. The number of rotatable bonds is 2. The first kappa shape index (κ1) is 9.65. The maximum Gasteiger partial charge on any atom is 0.314 e. The van der Waals surface area contributed by atoms with E-state index in [1.807, 2.05) is 0 Å². The summed E-state index contributed by atoms with van der Waals surface area (Å²) in [6.45, 7) is 0. The van der Waals surface area contributed by atoms with Crippen LogP contribution in [0.25, 0.3) is 0 Å². The zero-order chi connectivity index (χ0) is 9.14. The lowest BCUT2D eigenvalue weighted by Gasteiger charge is -2.04. The average molecular weight is 223 g/mol. The Bertz CT molecular complexity index is 291. The van der Waals surface area contributed by atoms with Crippen LogP contribution in [-0.4, -0.2) is 6.41 Å². The van der Waals surface area contributed by atoms with Crippen LogP contribution in [0.4, 0.5) is 5.69 Å². The van der Waals surface area contributed by atoms with E-state index in [0.717, 1.165) is 0 Å². The second-order valence-corrected chi connectivity index (χ2v) is 3.22. The summed E-state index contributed by atoms with van der Waals surface area (Å²) in [4.78, 5) is 9.98. The van der Waals surface area contributed by atoms with E-state index in [4.69, 9.17) is 34.8 Å². The van der Waals surface area contributed by atoms with Crippen LogP contribution >= 0.6 is 34.8 Å². The number of amides is 1. The van der Waals surface area contributed by atoms with E-state index in [2.05, 4.69) is 5.32 Å². The van der Waals surface area contributed by atoms with Crippen LogP contribution in [0.2, 0.25) is 15.1 Å². The highest BCUT2D eigenvalue weighted by Gasteiger charge is 2.06. The van der Waals surface area contributed by atoms with Crippen LogP contribution in [0.3, 0.4) is 0 Å². The van der Waals surface area contributed by atoms with Crippen molar-refractivity contribution in [3.63, 3.8) is 0 Å². The molecule has 0 spiro atoms. The molecule has 1 N–H and O–H groups in total. The molecule has 1 aromatic carbocycles. The SMILES string of the molecule is O=[C]Nc1c(Cl)cc(Cl)cc1Cl. The lowest BCUT2D eigenvalue weighted by atomic mass is 10.3. The summed E-state index contributed by atoms with van der Waals surface area (Å²) in [5, 5.41) is 3.24. The minimum absolute atomic E-state index is 0.288. The largest absolute Gasteiger partial charge is 0.315 e. The normalized spacial score (nSPS) is 9.58.